The average Bonchev–Trinajstić information content (AvgIpc) is 2.56. The van der Waals surface area contributed by atoms with Crippen LogP contribution in [-0.4, -0.2) is 43.9 Å². The summed E-state index contributed by atoms with van der Waals surface area (Å²) in [5, 5.41) is 2.02. The van der Waals surface area contributed by atoms with E-state index in [0.29, 0.717) is 0 Å². The molecule has 1 heterocycles. The van der Waals surface area contributed by atoms with Gasteiger partial charge in [0.1, 0.15) is 0 Å². The Balaban J connectivity index is 2.64. The predicted octanol–water partition coefficient (Wildman–Crippen LogP) is -1.05. The minimum atomic E-state index is -1.58. The molecule has 2 amide bonds. The molecule has 1 rings (SSSR count). The highest BCUT2D eigenvalue weighted by atomic mass is 16.7. The van der Waals surface area contributed by atoms with E-state index in [-0.39, 0.29) is 6.42 Å². The van der Waals surface area contributed by atoms with Crippen molar-refractivity contribution in [2.24, 2.45) is 0 Å². The number of esters is 1. The number of nitrogens with one attached hydrogen (secondary N) is 1. The Bertz CT molecular complexity index is 322. The summed E-state index contributed by atoms with van der Waals surface area (Å²) in [6, 6.07) is 0. The van der Waals surface area contributed by atoms with Gasteiger partial charge in [-0.05, 0) is 0 Å². The highest BCUT2D eigenvalue weighted by Crippen LogP contribution is 2.16. The summed E-state index contributed by atoms with van der Waals surface area (Å²) >= 11 is 0. The molecule has 1 aliphatic heterocycles. The molecular weight excluding hydrogens is 218 g/mol. The fourth-order valence-corrected chi connectivity index (χ4v) is 1.11. The first kappa shape index (κ1) is 12.6. The Morgan fingerprint density at radius 1 is 1.38 bits per heavy atom. The Morgan fingerprint density at radius 2 is 1.94 bits per heavy atom. The number of carbonyl (C=O) groups excluding carboxylic acids is 3. The second-order valence-electron chi connectivity index (χ2n) is 3.36. The number of hydrogen-bond acceptors (Lipinski definition) is 6. The SMILES string of the molecule is COC(C)(OC)C(=O)OC1CC(=O)NC1=O. The van der Waals surface area contributed by atoms with Crippen LogP contribution in [-0.2, 0) is 28.6 Å². The smallest absolute Gasteiger partial charge is 0.367 e. The number of methoxy groups -OCH3 is 2. The third-order valence-corrected chi connectivity index (χ3v) is 2.32. The van der Waals surface area contributed by atoms with E-state index in [2.05, 4.69) is 0 Å². The molecule has 0 radical (unpaired) electrons. The van der Waals surface area contributed by atoms with Crippen molar-refractivity contribution in [1.82, 2.24) is 5.32 Å². The lowest BCUT2D eigenvalue weighted by atomic mass is 10.3. The molecule has 0 aliphatic carbocycles. The number of imide groups is 1. The van der Waals surface area contributed by atoms with Gasteiger partial charge in [-0.1, -0.05) is 0 Å². The molecule has 1 saturated heterocycles. The first-order valence-electron chi connectivity index (χ1n) is 4.58. The monoisotopic (exact) mass is 231 g/mol. The maximum Gasteiger partial charge on any atom is 0.367 e. The van der Waals surface area contributed by atoms with Crippen molar-refractivity contribution in [1.29, 1.82) is 0 Å². The van der Waals surface area contributed by atoms with Crippen LogP contribution in [0.15, 0.2) is 0 Å². The summed E-state index contributed by atoms with van der Waals surface area (Å²) in [6.45, 7) is 1.35. The van der Waals surface area contributed by atoms with Gasteiger partial charge in [0.25, 0.3) is 11.7 Å². The summed E-state index contributed by atoms with van der Waals surface area (Å²) in [4.78, 5) is 33.6. The Hall–Kier alpha value is -1.47. The van der Waals surface area contributed by atoms with E-state index >= 15 is 0 Å². The van der Waals surface area contributed by atoms with Crippen molar-refractivity contribution in [2.45, 2.75) is 25.2 Å². The van der Waals surface area contributed by atoms with Crippen LogP contribution in [0.5, 0.6) is 0 Å². The molecule has 0 aromatic rings. The minimum Gasteiger partial charge on any atom is -0.448 e. The van der Waals surface area contributed by atoms with E-state index in [0.717, 1.165) is 0 Å². The van der Waals surface area contributed by atoms with Crippen LogP contribution in [0.3, 0.4) is 0 Å². The Labute approximate surface area is 92.0 Å². The van der Waals surface area contributed by atoms with Crippen LogP contribution in [0.1, 0.15) is 13.3 Å². The quantitative estimate of drug-likeness (QED) is 0.377. The molecule has 1 fully saturated rings. The maximum atomic E-state index is 11.6. The molecule has 7 nitrogen and oxygen atoms in total. The second-order valence-corrected chi connectivity index (χ2v) is 3.36. The summed E-state index contributed by atoms with van der Waals surface area (Å²) in [5.41, 5.74) is 0. The zero-order chi connectivity index (χ0) is 12.3. The Kier molecular flexibility index (Phi) is 3.61. The fraction of sp³-hybridized carbons (Fsp3) is 0.667. The number of carbonyl (C=O) groups is 3. The highest BCUT2D eigenvalue weighted by molar-refractivity contribution is 6.05. The van der Waals surface area contributed by atoms with Crippen molar-refractivity contribution < 1.29 is 28.6 Å². The average molecular weight is 231 g/mol. The second kappa shape index (κ2) is 4.58. The molecule has 1 unspecified atom stereocenters. The van der Waals surface area contributed by atoms with E-state index in [1.165, 1.54) is 21.1 Å². The standard InChI is InChI=1S/C9H13NO6/c1-9(14-2,15-3)8(13)16-5-4-6(11)10-7(5)12/h5H,4H2,1-3H3,(H,10,11,12). The lowest BCUT2D eigenvalue weighted by Crippen LogP contribution is -2.43. The number of hydrogen-bond donors (Lipinski definition) is 1. The normalized spacial score (nSPS) is 20.8. The van der Waals surface area contributed by atoms with Crippen LogP contribution >= 0.6 is 0 Å². The van der Waals surface area contributed by atoms with Crippen molar-refractivity contribution >= 4 is 17.8 Å². The number of amides is 2. The van der Waals surface area contributed by atoms with Crippen molar-refractivity contribution in [3.63, 3.8) is 0 Å². The van der Waals surface area contributed by atoms with E-state index in [1.54, 1.807) is 0 Å². The van der Waals surface area contributed by atoms with Gasteiger partial charge in [0.05, 0.1) is 6.42 Å². The third-order valence-electron chi connectivity index (χ3n) is 2.32. The molecular formula is C9H13NO6. The molecule has 0 bridgehead atoms. The largest absolute Gasteiger partial charge is 0.448 e. The van der Waals surface area contributed by atoms with Gasteiger partial charge in [0.15, 0.2) is 6.10 Å². The molecule has 7 heteroatoms. The molecule has 1 atom stereocenters. The van der Waals surface area contributed by atoms with Gasteiger partial charge in [-0.25, -0.2) is 4.79 Å². The van der Waals surface area contributed by atoms with E-state index in [4.69, 9.17) is 14.2 Å². The number of rotatable bonds is 4. The molecule has 0 saturated carbocycles. The molecule has 0 aromatic heterocycles. The molecule has 16 heavy (non-hydrogen) atoms. The van der Waals surface area contributed by atoms with Crippen molar-refractivity contribution in [3.05, 3.63) is 0 Å². The minimum absolute atomic E-state index is 0.173. The number of ether oxygens (including phenoxy) is 3. The Morgan fingerprint density at radius 3 is 2.31 bits per heavy atom. The van der Waals surface area contributed by atoms with Gasteiger partial charge in [-0.2, -0.15) is 0 Å². The molecule has 0 spiro atoms. The molecule has 0 aromatic carbocycles. The predicted molar refractivity (Wildman–Crippen MR) is 50.1 cm³/mol. The highest BCUT2D eigenvalue weighted by Gasteiger charge is 2.41. The van der Waals surface area contributed by atoms with Gasteiger partial charge in [-0.3, -0.25) is 14.9 Å². The maximum absolute atomic E-state index is 11.6. The van der Waals surface area contributed by atoms with Gasteiger partial charge in [0.2, 0.25) is 5.91 Å². The van der Waals surface area contributed by atoms with Gasteiger partial charge in [-0.15, -0.1) is 0 Å². The fourth-order valence-electron chi connectivity index (χ4n) is 1.11. The van der Waals surface area contributed by atoms with E-state index < -0.39 is 29.7 Å². The van der Waals surface area contributed by atoms with Gasteiger partial charge >= 0.3 is 5.97 Å². The third kappa shape index (κ3) is 2.37. The summed E-state index contributed by atoms with van der Waals surface area (Å²) < 4.78 is 14.4. The molecule has 90 valence electrons. The van der Waals surface area contributed by atoms with Crippen LogP contribution < -0.4 is 5.32 Å². The van der Waals surface area contributed by atoms with Crippen LogP contribution in [0.4, 0.5) is 0 Å². The summed E-state index contributed by atoms with van der Waals surface area (Å²) in [6.07, 6.45) is -1.28. The topological polar surface area (TPSA) is 90.9 Å². The van der Waals surface area contributed by atoms with Gasteiger partial charge < -0.3 is 14.2 Å². The summed E-state index contributed by atoms with van der Waals surface area (Å²) in [7, 11) is 2.54. The summed E-state index contributed by atoms with van der Waals surface area (Å²) in [5.74, 6) is -3.54. The molecule has 1 aliphatic rings. The van der Waals surface area contributed by atoms with E-state index in [1.807, 2.05) is 5.32 Å². The van der Waals surface area contributed by atoms with Crippen LogP contribution in [0.25, 0.3) is 0 Å². The van der Waals surface area contributed by atoms with Gasteiger partial charge in [0, 0.05) is 21.1 Å². The lowest BCUT2D eigenvalue weighted by Gasteiger charge is -2.24. The first-order chi connectivity index (χ1) is 7.42. The molecule has 1 N–H and O–H groups in total. The van der Waals surface area contributed by atoms with Crippen LogP contribution in [0, 0.1) is 0 Å². The van der Waals surface area contributed by atoms with Crippen molar-refractivity contribution in [3.8, 4) is 0 Å². The van der Waals surface area contributed by atoms with E-state index in [9.17, 15) is 14.4 Å². The zero-order valence-corrected chi connectivity index (χ0v) is 9.23. The van der Waals surface area contributed by atoms with Crippen LogP contribution in [0.2, 0.25) is 0 Å². The first-order valence-corrected chi connectivity index (χ1v) is 4.58. The zero-order valence-electron chi connectivity index (χ0n) is 9.23. The lowest BCUT2D eigenvalue weighted by molar-refractivity contribution is -0.226. The van der Waals surface area contributed by atoms with Crippen molar-refractivity contribution in [2.75, 3.05) is 14.2 Å².